The zero-order valence-electron chi connectivity index (χ0n) is 21.1. The molecule has 37 heavy (non-hydrogen) atoms. The maximum atomic E-state index is 14.5. The van der Waals surface area contributed by atoms with Crippen molar-refractivity contribution >= 4 is 28.8 Å². The van der Waals surface area contributed by atoms with Crippen LogP contribution in [0.3, 0.4) is 0 Å². The maximum Gasteiger partial charge on any atom is 0.147 e. The van der Waals surface area contributed by atoms with E-state index < -0.39 is 0 Å². The van der Waals surface area contributed by atoms with Crippen LogP contribution in [0.2, 0.25) is 0 Å². The molecule has 3 heterocycles. The number of ether oxygens (including phenoxy) is 1. The van der Waals surface area contributed by atoms with Gasteiger partial charge in [-0.05, 0) is 55.2 Å². The van der Waals surface area contributed by atoms with Gasteiger partial charge < -0.3 is 30.9 Å². The van der Waals surface area contributed by atoms with Gasteiger partial charge in [0, 0.05) is 36.5 Å². The van der Waals surface area contributed by atoms with Gasteiger partial charge in [0.15, 0.2) is 0 Å². The third-order valence-electron chi connectivity index (χ3n) is 6.63. The Morgan fingerprint density at radius 2 is 1.95 bits per heavy atom. The van der Waals surface area contributed by atoms with Crippen LogP contribution in [0.1, 0.15) is 24.0 Å². The number of methoxy groups -OCH3 is 1. The monoisotopic (exact) mass is 503 g/mol. The minimum Gasteiger partial charge on any atom is -0.494 e. The number of fused-ring (bicyclic) bond motifs is 1. The van der Waals surface area contributed by atoms with E-state index in [0.717, 1.165) is 59.4 Å². The van der Waals surface area contributed by atoms with Gasteiger partial charge in [-0.15, -0.1) is 0 Å². The van der Waals surface area contributed by atoms with Crippen molar-refractivity contribution in [2.75, 3.05) is 37.9 Å². The molecule has 1 fully saturated rings. The molecule has 0 amide bonds. The minimum atomic E-state index is -0.307. The predicted molar refractivity (Wildman–Crippen MR) is 144 cm³/mol. The van der Waals surface area contributed by atoms with E-state index in [1.165, 1.54) is 19.2 Å². The number of benzene rings is 2. The zero-order valence-corrected chi connectivity index (χ0v) is 21.1. The summed E-state index contributed by atoms with van der Waals surface area (Å²) >= 11 is 0. The van der Waals surface area contributed by atoms with Crippen LogP contribution in [0, 0.1) is 12.7 Å². The number of imidazole rings is 1. The number of hydrogen-bond donors (Lipinski definition) is 3. The van der Waals surface area contributed by atoms with E-state index >= 15 is 0 Å². The third-order valence-corrected chi connectivity index (χ3v) is 6.63. The van der Waals surface area contributed by atoms with E-state index in [1.807, 2.05) is 25.1 Å². The van der Waals surface area contributed by atoms with Crippen LogP contribution >= 0.6 is 0 Å². The van der Waals surface area contributed by atoms with Gasteiger partial charge in [0.1, 0.15) is 35.8 Å². The van der Waals surface area contributed by atoms with Crippen LogP contribution in [0.4, 0.5) is 15.9 Å². The smallest absolute Gasteiger partial charge is 0.147 e. The van der Waals surface area contributed by atoms with Gasteiger partial charge in [-0.1, -0.05) is 11.2 Å². The Bertz CT molecular complexity index is 1460. The summed E-state index contributed by atoms with van der Waals surface area (Å²) in [5, 5.41) is 3.85. The Labute approximate surface area is 214 Å². The number of anilines is 2. The van der Waals surface area contributed by atoms with E-state index in [0.29, 0.717) is 28.5 Å². The van der Waals surface area contributed by atoms with Crippen LogP contribution in [-0.2, 0) is 4.84 Å². The highest BCUT2D eigenvalue weighted by atomic mass is 19.1. The van der Waals surface area contributed by atoms with Gasteiger partial charge in [0.05, 0.1) is 30.1 Å². The lowest BCUT2D eigenvalue weighted by atomic mass is 9.97. The molecule has 0 bridgehead atoms. The first kappa shape index (κ1) is 24.5. The van der Waals surface area contributed by atoms with Gasteiger partial charge in [-0.2, -0.15) is 0 Å². The molecule has 1 saturated heterocycles. The number of H-pyrrole nitrogens is 1. The summed E-state index contributed by atoms with van der Waals surface area (Å²) in [6, 6.07) is 8.84. The van der Waals surface area contributed by atoms with Crippen LogP contribution in [-0.4, -0.2) is 54.5 Å². The Hall–Kier alpha value is -4.18. The number of nitrogens with zero attached hydrogens (tertiary/aromatic N) is 4. The first-order chi connectivity index (χ1) is 17.9. The summed E-state index contributed by atoms with van der Waals surface area (Å²) in [7, 11) is 3.07. The van der Waals surface area contributed by atoms with Gasteiger partial charge in [0.2, 0.25) is 0 Å². The second-order valence-electron chi connectivity index (χ2n) is 9.24. The third kappa shape index (κ3) is 4.79. The molecule has 0 atom stereocenters. The molecule has 0 unspecified atom stereocenters. The topological polar surface area (TPSA) is 128 Å². The van der Waals surface area contributed by atoms with Crippen LogP contribution < -0.4 is 21.1 Å². The van der Waals surface area contributed by atoms with E-state index in [2.05, 4.69) is 20.0 Å². The largest absolute Gasteiger partial charge is 0.494 e. The summed E-state index contributed by atoms with van der Waals surface area (Å²) < 4.78 is 20.1. The normalized spacial score (nSPS) is 14.6. The van der Waals surface area contributed by atoms with Crippen molar-refractivity contribution in [2.24, 2.45) is 10.9 Å². The van der Waals surface area contributed by atoms with Gasteiger partial charge in [-0.3, -0.25) is 0 Å². The van der Waals surface area contributed by atoms with Crippen molar-refractivity contribution in [1.82, 2.24) is 15.0 Å². The Balaban J connectivity index is 1.75. The van der Waals surface area contributed by atoms with Crippen molar-refractivity contribution in [3.63, 3.8) is 0 Å². The predicted octanol–water partition coefficient (Wildman–Crippen LogP) is 4.24. The second-order valence-corrected chi connectivity index (χ2v) is 9.24. The van der Waals surface area contributed by atoms with Crippen molar-refractivity contribution in [1.29, 1.82) is 0 Å². The summed E-state index contributed by atoms with van der Waals surface area (Å²) in [6.45, 7) is 3.34. The molecule has 0 aliphatic carbocycles. The number of hydrogen-bond acceptors (Lipinski definition) is 8. The van der Waals surface area contributed by atoms with E-state index in [4.69, 9.17) is 26.0 Å². The highest BCUT2D eigenvalue weighted by molar-refractivity contribution is 5.97. The quantitative estimate of drug-likeness (QED) is 0.265. The molecule has 2 aromatic carbocycles. The number of piperidine rings is 1. The van der Waals surface area contributed by atoms with E-state index in [9.17, 15) is 4.39 Å². The molecule has 0 spiro atoms. The number of rotatable bonds is 6. The number of nitrogens with one attached hydrogen (secondary N) is 1. The molecule has 1 aliphatic heterocycles. The highest BCUT2D eigenvalue weighted by Gasteiger charge is 2.27. The summed E-state index contributed by atoms with van der Waals surface area (Å²) in [4.78, 5) is 19.8. The van der Waals surface area contributed by atoms with Crippen LogP contribution in [0.25, 0.3) is 33.5 Å². The Kier molecular flexibility index (Phi) is 6.66. The van der Waals surface area contributed by atoms with Crippen molar-refractivity contribution in [2.45, 2.75) is 25.8 Å². The summed E-state index contributed by atoms with van der Waals surface area (Å²) in [6.07, 6.45) is 4.96. The number of nitrogen functional groups attached to an aromatic ring is 1. The molecule has 5 rings (SSSR count). The molecule has 2 aromatic heterocycles. The standard InChI is InChI=1S/C27H30FN7O2/c1-15-8-17(12-18(28)9-15)20-14-31-26(30)23(25(20)35-6-4-19(29)5-7-35)27-33-21-10-16(13-32-37-3)11-22(36-2)24(21)34-27/h8-14,19H,4-7,29H2,1-3H3,(H2,30,31)(H,33,34). The number of aryl methyl sites for hydroxylation is 1. The van der Waals surface area contributed by atoms with Crippen LogP contribution in [0.5, 0.6) is 5.75 Å². The molecule has 9 nitrogen and oxygen atoms in total. The van der Waals surface area contributed by atoms with Crippen molar-refractivity contribution < 1.29 is 14.0 Å². The lowest BCUT2D eigenvalue weighted by Crippen LogP contribution is -2.40. The fourth-order valence-corrected chi connectivity index (χ4v) is 4.87. The summed E-state index contributed by atoms with van der Waals surface area (Å²) in [5.74, 6) is 1.13. The molecule has 10 heteroatoms. The molecular weight excluding hydrogens is 473 g/mol. The second kappa shape index (κ2) is 10.1. The fraction of sp³-hybridized carbons (Fsp3) is 0.296. The molecule has 1 aliphatic rings. The van der Waals surface area contributed by atoms with E-state index in [1.54, 1.807) is 19.5 Å². The lowest BCUT2D eigenvalue weighted by molar-refractivity contribution is 0.215. The number of oxime groups is 1. The summed E-state index contributed by atoms with van der Waals surface area (Å²) in [5.41, 5.74) is 18.7. The maximum absolute atomic E-state index is 14.5. The number of aromatic amines is 1. The van der Waals surface area contributed by atoms with Crippen molar-refractivity contribution in [3.8, 4) is 28.3 Å². The number of aromatic nitrogens is 3. The first-order valence-electron chi connectivity index (χ1n) is 12.1. The van der Waals surface area contributed by atoms with Gasteiger partial charge in [-0.25, -0.2) is 14.4 Å². The van der Waals surface area contributed by atoms with Gasteiger partial charge in [0.25, 0.3) is 0 Å². The molecule has 0 saturated carbocycles. The molecule has 0 radical (unpaired) electrons. The van der Waals surface area contributed by atoms with Crippen molar-refractivity contribution in [3.05, 3.63) is 53.5 Å². The molecule has 4 aromatic rings. The number of nitrogens with two attached hydrogens (primary N) is 2. The lowest BCUT2D eigenvalue weighted by Gasteiger charge is -2.34. The van der Waals surface area contributed by atoms with Gasteiger partial charge >= 0.3 is 0 Å². The average Bonchev–Trinajstić information content (AvgIpc) is 3.30. The zero-order chi connectivity index (χ0) is 26.1. The average molecular weight is 504 g/mol. The minimum absolute atomic E-state index is 0.140. The molecule has 5 N–H and O–H groups in total. The number of pyridine rings is 1. The molecular formula is C27H30FN7O2. The molecule has 192 valence electrons. The Morgan fingerprint density at radius 1 is 1.16 bits per heavy atom. The van der Waals surface area contributed by atoms with Crippen LogP contribution in [0.15, 0.2) is 41.7 Å². The first-order valence-corrected chi connectivity index (χ1v) is 12.1. The van der Waals surface area contributed by atoms with E-state index in [-0.39, 0.29) is 11.9 Å². The Morgan fingerprint density at radius 3 is 2.65 bits per heavy atom. The highest BCUT2D eigenvalue weighted by Crippen LogP contribution is 2.43. The number of halogens is 1. The SMILES string of the molecule is CON=Cc1cc(OC)c2nc(-c3c(N)ncc(-c4cc(C)cc(F)c4)c3N3CCC(N)CC3)[nH]c2c1. The fourth-order valence-electron chi connectivity index (χ4n) is 4.87.